The molecule has 2 aromatic carbocycles. The van der Waals surface area contributed by atoms with E-state index in [0.717, 1.165) is 55.3 Å². The first-order valence-corrected chi connectivity index (χ1v) is 12.4. The molecule has 3 saturated heterocycles. The van der Waals surface area contributed by atoms with Gasteiger partial charge >= 0.3 is 0 Å². The fourth-order valence-electron chi connectivity index (χ4n) is 4.21. The molecule has 3 heterocycles. The smallest absolute Gasteiger partial charge is 0.243 e. The summed E-state index contributed by atoms with van der Waals surface area (Å²) in [5.74, 6) is 1.73. The number of nitrogens with one attached hydrogen (secondary N) is 2. The number of benzene rings is 2. The summed E-state index contributed by atoms with van der Waals surface area (Å²) in [4.78, 5) is 25.4. The highest BCUT2D eigenvalue weighted by atomic mass is 16.6. The molecule has 3 aliphatic rings. The van der Waals surface area contributed by atoms with Crippen LogP contribution in [0.5, 0.6) is 11.5 Å². The number of piperazine rings is 1. The Morgan fingerprint density at radius 1 is 0.771 bits per heavy atom. The monoisotopic (exact) mass is 480 g/mol. The first kappa shape index (κ1) is 23.6. The van der Waals surface area contributed by atoms with Gasteiger partial charge in [0.15, 0.2) is 0 Å². The summed E-state index contributed by atoms with van der Waals surface area (Å²) in [6.07, 6.45) is 3.29. The van der Waals surface area contributed by atoms with Crippen molar-refractivity contribution < 1.29 is 28.5 Å². The van der Waals surface area contributed by atoms with Crippen molar-refractivity contribution in [3.05, 3.63) is 59.7 Å². The Morgan fingerprint density at radius 3 is 1.80 bits per heavy atom. The summed E-state index contributed by atoms with van der Waals surface area (Å²) in [6, 6.07) is 14.2. The van der Waals surface area contributed by atoms with Crippen molar-refractivity contribution in [3.63, 3.8) is 0 Å². The molecule has 186 valence electrons. The zero-order valence-electron chi connectivity index (χ0n) is 19.7. The van der Waals surface area contributed by atoms with E-state index in [2.05, 4.69) is 10.6 Å². The van der Waals surface area contributed by atoms with Crippen molar-refractivity contribution in [1.29, 1.82) is 0 Å². The van der Waals surface area contributed by atoms with Crippen LogP contribution in [0.1, 0.15) is 24.0 Å². The molecule has 0 saturated carbocycles. The molecule has 8 heteroatoms. The van der Waals surface area contributed by atoms with Gasteiger partial charge in [-0.2, -0.15) is 0 Å². The fraction of sp³-hybridized carbons (Fsp3) is 0.481. The van der Waals surface area contributed by atoms with Crippen LogP contribution in [0.4, 0.5) is 0 Å². The number of hydrogen-bond donors (Lipinski definition) is 2. The summed E-state index contributed by atoms with van der Waals surface area (Å²) in [6.45, 7) is 3.69. The molecule has 3 unspecified atom stereocenters. The summed E-state index contributed by atoms with van der Waals surface area (Å²) in [7, 11) is 0. The minimum absolute atomic E-state index is 0.167. The lowest BCUT2D eigenvalue weighted by molar-refractivity contribution is -0.136. The maximum absolute atomic E-state index is 12.7. The number of amides is 2. The molecular formula is C27H32N2O6. The van der Waals surface area contributed by atoms with Gasteiger partial charge < -0.3 is 29.6 Å². The Morgan fingerprint density at radius 2 is 1.31 bits per heavy atom. The Labute approximate surface area is 205 Å². The average molecular weight is 481 g/mol. The van der Waals surface area contributed by atoms with Gasteiger partial charge in [-0.3, -0.25) is 9.59 Å². The van der Waals surface area contributed by atoms with Crippen molar-refractivity contribution in [2.75, 3.05) is 33.0 Å². The van der Waals surface area contributed by atoms with Crippen LogP contribution in [0.15, 0.2) is 48.5 Å². The van der Waals surface area contributed by atoms with Gasteiger partial charge in [0, 0.05) is 18.8 Å². The van der Waals surface area contributed by atoms with Crippen LogP contribution in [-0.4, -0.2) is 63.0 Å². The highest BCUT2D eigenvalue weighted by Crippen LogP contribution is 2.19. The molecule has 0 spiro atoms. The van der Waals surface area contributed by atoms with Crippen LogP contribution in [0.3, 0.4) is 0 Å². The maximum Gasteiger partial charge on any atom is 0.243 e. The second-order valence-electron chi connectivity index (χ2n) is 9.48. The summed E-state index contributed by atoms with van der Waals surface area (Å²) < 4.78 is 21.9. The van der Waals surface area contributed by atoms with Gasteiger partial charge in [0.05, 0.1) is 39.1 Å². The molecular weight excluding hydrogens is 448 g/mol. The van der Waals surface area contributed by atoms with Gasteiger partial charge in [-0.25, -0.2) is 0 Å². The van der Waals surface area contributed by atoms with E-state index in [1.54, 1.807) is 0 Å². The lowest BCUT2D eigenvalue weighted by Crippen LogP contribution is -2.62. The summed E-state index contributed by atoms with van der Waals surface area (Å²) in [5.41, 5.74) is 1.93. The lowest BCUT2D eigenvalue weighted by atomic mass is 9.98. The number of carbonyl (C=O) groups excluding carboxylic acids is 2. The second kappa shape index (κ2) is 11.1. The van der Waals surface area contributed by atoms with Crippen LogP contribution < -0.4 is 20.1 Å². The Hall–Kier alpha value is -3.10. The first-order valence-electron chi connectivity index (χ1n) is 12.4. The molecule has 35 heavy (non-hydrogen) atoms. The predicted molar refractivity (Wildman–Crippen MR) is 128 cm³/mol. The summed E-state index contributed by atoms with van der Waals surface area (Å²) in [5, 5.41) is 5.77. The molecule has 2 N–H and O–H groups in total. The molecule has 2 amide bonds. The molecule has 0 radical (unpaired) electrons. The van der Waals surface area contributed by atoms with Crippen molar-refractivity contribution in [2.24, 2.45) is 5.92 Å². The van der Waals surface area contributed by atoms with E-state index in [0.29, 0.717) is 38.1 Å². The van der Waals surface area contributed by atoms with E-state index < -0.39 is 12.1 Å². The number of hydrogen-bond acceptors (Lipinski definition) is 6. The first-order chi connectivity index (χ1) is 17.1. The van der Waals surface area contributed by atoms with Crippen molar-refractivity contribution in [1.82, 2.24) is 10.6 Å². The minimum Gasteiger partial charge on any atom is -0.494 e. The van der Waals surface area contributed by atoms with E-state index >= 15 is 0 Å². The van der Waals surface area contributed by atoms with E-state index in [4.69, 9.17) is 18.9 Å². The molecule has 0 aromatic heterocycles. The quantitative estimate of drug-likeness (QED) is 0.356. The Bertz CT molecular complexity index is 1000. The van der Waals surface area contributed by atoms with Crippen molar-refractivity contribution in [2.45, 2.75) is 43.9 Å². The fourth-order valence-corrected chi connectivity index (χ4v) is 4.21. The highest BCUT2D eigenvalue weighted by Gasteiger charge is 2.33. The minimum atomic E-state index is -0.588. The third-order valence-corrected chi connectivity index (χ3v) is 6.53. The van der Waals surface area contributed by atoms with Gasteiger partial charge in [-0.05, 0) is 48.2 Å². The standard InChI is InChI=1S/C27H32N2O6/c30-26-24(12-18-3-7-21(8-4-18)33-11-1-2-23-17-35-23)28-27(31)25(29-26)13-19-5-9-22(10-6-19)34-16-20-14-32-15-20/h3-10,20,23-25H,1-2,11-17H2,(H,28,31)(H,29,30). The van der Waals surface area contributed by atoms with Crippen LogP contribution in [-0.2, 0) is 31.9 Å². The SMILES string of the molecule is O=C1NC(Cc2ccc(OCC3COC3)cc2)C(=O)NC1Cc1ccc(OCCCC2CO2)cc1. The van der Waals surface area contributed by atoms with Gasteiger partial charge in [0.2, 0.25) is 11.8 Å². The topological polar surface area (TPSA) is 98.4 Å². The number of ether oxygens (including phenoxy) is 4. The van der Waals surface area contributed by atoms with Crippen LogP contribution in [0.2, 0.25) is 0 Å². The molecule has 2 aromatic rings. The van der Waals surface area contributed by atoms with Gasteiger partial charge in [0.25, 0.3) is 0 Å². The van der Waals surface area contributed by atoms with Gasteiger partial charge in [-0.15, -0.1) is 0 Å². The number of rotatable bonds is 12. The second-order valence-corrected chi connectivity index (χ2v) is 9.48. The van der Waals surface area contributed by atoms with E-state index in [9.17, 15) is 9.59 Å². The molecule has 8 nitrogen and oxygen atoms in total. The van der Waals surface area contributed by atoms with Gasteiger partial charge in [0.1, 0.15) is 23.6 Å². The molecule has 0 bridgehead atoms. The van der Waals surface area contributed by atoms with Crippen LogP contribution in [0, 0.1) is 5.92 Å². The largest absolute Gasteiger partial charge is 0.494 e. The number of carbonyl (C=O) groups is 2. The molecule has 3 fully saturated rings. The molecule has 0 aliphatic carbocycles. The normalized spacial score (nSPS) is 23.7. The Kier molecular flexibility index (Phi) is 7.49. The number of epoxide rings is 1. The maximum atomic E-state index is 12.7. The van der Waals surface area contributed by atoms with Crippen LogP contribution >= 0.6 is 0 Å². The lowest BCUT2D eigenvalue weighted by Gasteiger charge is -2.30. The predicted octanol–water partition coefficient (Wildman–Crippen LogP) is 2.04. The van der Waals surface area contributed by atoms with E-state index in [-0.39, 0.29) is 11.8 Å². The zero-order valence-corrected chi connectivity index (χ0v) is 19.7. The zero-order chi connectivity index (χ0) is 24.0. The molecule has 3 aliphatic heterocycles. The van der Waals surface area contributed by atoms with Crippen molar-refractivity contribution in [3.8, 4) is 11.5 Å². The molecule has 3 atom stereocenters. The van der Waals surface area contributed by atoms with E-state index in [1.807, 2.05) is 48.5 Å². The molecule has 5 rings (SSSR count). The van der Waals surface area contributed by atoms with Gasteiger partial charge in [-0.1, -0.05) is 24.3 Å². The average Bonchev–Trinajstić information content (AvgIpc) is 3.66. The summed E-state index contributed by atoms with van der Waals surface area (Å²) >= 11 is 0. The highest BCUT2D eigenvalue weighted by molar-refractivity contribution is 5.97. The van der Waals surface area contributed by atoms with Crippen LogP contribution in [0.25, 0.3) is 0 Å². The van der Waals surface area contributed by atoms with E-state index in [1.165, 1.54) is 0 Å². The third kappa shape index (κ3) is 6.74. The Balaban J connectivity index is 1.06. The third-order valence-electron chi connectivity index (χ3n) is 6.53. The van der Waals surface area contributed by atoms with Crippen molar-refractivity contribution >= 4 is 11.8 Å².